The number of carbonyl (C=O) groups is 2. The number of aryl methyl sites for hydroxylation is 1. The van der Waals surface area contributed by atoms with Gasteiger partial charge in [0.15, 0.2) is 0 Å². The Balaban J connectivity index is 1.33. The van der Waals surface area contributed by atoms with Crippen LogP contribution in [-0.4, -0.2) is 46.4 Å². The van der Waals surface area contributed by atoms with Crippen molar-refractivity contribution in [3.63, 3.8) is 0 Å². The molecular formula is C23H27N3O3. The van der Waals surface area contributed by atoms with Crippen LogP contribution >= 0.6 is 0 Å². The van der Waals surface area contributed by atoms with Crippen molar-refractivity contribution in [1.82, 2.24) is 15.2 Å². The molecule has 1 aromatic heterocycles. The van der Waals surface area contributed by atoms with Crippen LogP contribution in [-0.2, 0) is 10.4 Å². The van der Waals surface area contributed by atoms with Gasteiger partial charge in [-0.2, -0.15) is 0 Å². The highest BCUT2D eigenvalue weighted by Gasteiger charge is 2.60. The van der Waals surface area contributed by atoms with E-state index in [0.717, 1.165) is 17.5 Å². The van der Waals surface area contributed by atoms with Gasteiger partial charge in [0.25, 0.3) is 5.91 Å². The second-order valence-electron chi connectivity index (χ2n) is 8.76. The summed E-state index contributed by atoms with van der Waals surface area (Å²) in [6, 6.07) is 12.9. The molecular weight excluding hydrogens is 366 g/mol. The molecule has 3 atom stereocenters. The predicted octanol–water partition coefficient (Wildman–Crippen LogP) is 2.27. The molecule has 0 spiro atoms. The number of pyridine rings is 1. The molecule has 1 unspecified atom stereocenters. The lowest BCUT2D eigenvalue weighted by atomic mass is 9.92. The SMILES string of the molecule is Cc1ccnc(C(=O)NC[C@@]23C[C@@H]2CN(C(=O)CC(C)(O)c2ccccc2)C3)c1. The monoisotopic (exact) mass is 393 g/mol. The van der Waals surface area contributed by atoms with Crippen LogP contribution in [0.2, 0.25) is 0 Å². The van der Waals surface area contributed by atoms with Crippen molar-refractivity contribution in [3.05, 3.63) is 65.5 Å². The second kappa shape index (κ2) is 7.26. The van der Waals surface area contributed by atoms with E-state index in [1.165, 1.54) is 0 Å². The van der Waals surface area contributed by atoms with Gasteiger partial charge in [-0.25, -0.2) is 0 Å². The molecule has 1 saturated carbocycles. The standard InChI is InChI=1S/C23H27N3O3/c1-16-8-9-24-19(10-16)21(28)25-14-23-11-18(23)13-26(15-23)20(27)12-22(2,29)17-6-4-3-5-7-17/h3-10,18,29H,11-15H2,1-2H3,(H,25,28)/t18-,22?,23-/m1/s1. The Kier molecular flexibility index (Phi) is 4.90. The fourth-order valence-electron chi connectivity index (χ4n) is 4.37. The largest absolute Gasteiger partial charge is 0.385 e. The van der Waals surface area contributed by atoms with Gasteiger partial charge in [-0.05, 0) is 49.4 Å². The zero-order valence-corrected chi connectivity index (χ0v) is 16.9. The minimum absolute atomic E-state index is 0.0340. The van der Waals surface area contributed by atoms with E-state index >= 15 is 0 Å². The summed E-state index contributed by atoms with van der Waals surface area (Å²) in [5, 5.41) is 13.8. The normalized spacial score (nSPS) is 24.5. The number of piperidine rings is 1. The van der Waals surface area contributed by atoms with Crippen molar-refractivity contribution < 1.29 is 14.7 Å². The Morgan fingerprint density at radius 1 is 1.31 bits per heavy atom. The van der Waals surface area contributed by atoms with Gasteiger partial charge in [-0.3, -0.25) is 14.6 Å². The smallest absolute Gasteiger partial charge is 0.269 e. The van der Waals surface area contributed by atoms with Crippen molar-refractivity contribution in [2.75, 3.05) is 19.6 Å². The average molecular weight is 393 g/mol. The first-order chi connectivity index (χ1) is 13.8. The van der Waals surface area contributed by atoms with Crippen LogP contribution in [0, 0.1) is 18.3 Å². The van der Waals surface area contributed by atoms with Crippen LogP contribution in [0.3, 0.4) is 0 Å². The lowest BCUT2D eigenvalue weighted by Crippen LogP contribution is -2.39. The van der Waals surface area contributed by atoms with E-state index < -0.39 is 5.60 Å². The number of nitrogens with zero attached hydrogens (tertiary/aromatic N) is 2. The van der Waals surface area contributed by atoms with Crippen molar-refractivity contribution in [1.29, 1.82) is 0 Å². The topological polar surface area (TPSA) is 82.5 Å². The Morgan fingerprint density at radius 2 is 2.07 bits per heavy atom. The number of nitrogens with one attached hydrogen (secondary N) is 1. The number of hydrogen-bond acceptors (Lipinski definition) is 4. The summed E-state index contributed by atoms with van der Waals surface area (Å²) in [4.78, 5) is 31.2. The van der Waals surface area contributed by atoms with Crippen molar-refractivity contribution >= 4 is 11.8 Å². The number of hydrogen-bond donors (Lipinski definition) is 2. The molecule has 2 fully saturated rings. The number of carbonyl (C=O) groups excluding carboxylic acids is 2. The number of rotatable bonds is 6. The number of fused-ring (bicyclic) bond motifs is 1. The Morgan fingerprint density at radius 3 is 2.79 bits per heavy atom. The van der Waals surface area contributed by atoms with E-state index in [1.54, 1.807) is 19.2 Å². The third-order valence-corrected chi connectivity index (χ3v) is 6.30. The minimum atomic E-state index is -1.19. The molecule has 0 radical (unpaired) electrons. The first kappa shape index (κ1) is 19.6. The second-order valence-corrected chi connectivity index (χ2v) is 8.76. The van der Waals surface area contributed by atoms with Gasteiger partial charge in [-0.15, -0.1) is 0 Å². The molecule has 6 nitrogen and oxygen atoms in total. The fraction of sp³-hybridized carbons (Fsp3) is 0.435. The summed E-state index contributed by atoms with van der Waals surface area (Å²) in [5.41, 5.74) is 0.932. The molecule has 6 heteroatoms. The van der Waals surface area contributed by atoms with Crippen LogP contribution in [0.25, 0.3) is 0 Å². The lowest BCUT2D eigenvalue weighted by Gasteiger charge is -2.28. The van der Waals surface area contributed by atoms with Gasteiger partial charge in [-0.1, -0.05) is 30.3 Å². The lowest BCUT2D eigenvalue weighted by molar-refractivity contribution is -0.136. The van der Waals surface area contributed by atoms with Crippen LogP contribution in [0.4, 0.5) is 0 Å². The number of benzene rings is 1. The van der Waals surface area contributed by atoms with E-state index in [1.807, 2.05) is 48.2 Å². The molecule has 1 aromatic carbocycles. The highest BCUT2D eigenvalue weighted by atomic mass is 16.3. The van der Waals surface area contributed by atoms with Crippen LogP contribution < -0.4 is 5.32 Å². The zero-order valence-electron chi connectivity index (χ0n) is 16.9. The number of aliphatic hydroxyl groups is 1. The highest BCUT2D eigenvalue weighted by Crippen LogP contribution is 2.57. The summed E-state index contributed by atoms with van der Waals surface area (Å²) in [6.07, 6.45) is 2.71. The Bertz CT molecular complexity index is 928. The maximum atomic E-state index is 12.8. The van der Waals surface area contributed by atoms with Crippen molar-refractivity contribution in [2.45, 2.75) is 32.3 Å². The molecule has 1 aliphatic carbocycles. The third-order valence-electron chi connectivity index (χ3n) is 6.30. The van der Waals surface area contributed by atoms with Crippen LogP contribution in [0.5, 0.6) is 0 Å². The third kappa shape index (κ3) is 4.03. The van der Waals surface area contributed by atoms with Gasteiger partial charge >= 0.3 is 0 Å². The summed E-state index contributed by atoms with van der Waals surface area (Å²) >= 11 is 0. The van der Waals surface area contributed by atoms with Crippen LogP contribution in [0.1, 0.15) is 41.4 Å². The van der Waals surface area contributed by atoms with E-state index in [4.69, 9.17) is 0 Å². The Labute approximate surface area is 171 Å². The quantitative estimate of drug-likeness (QED) is 0.789. The maximum Gasteiger partial charge on any atom is 0.269 e. The fourth-order valence-corrected chi connectivity index (χ4v) is 4.37. The molecule has 2 aromatic rings. The molecule has 4 rings (SSSR count). The van der Waals surface area contributed by atoms with Gasteiger partial charge < -0.3 is 15.3 Å². The molecule has 1 aliphatic heterocycles. The van der Waals surface area contributed by atoms with Gasteiger partial charge in [0.05, 0.1) is 12.0 Å². The van der Waals surface area contributed by atoms with E-state index in [2.05, 4.69) is 10.3 Å². The summed E-state index contributed by atoms with van der Waals surface area (Å²) in [7, 11) is 0. The molecule has 2 heterocycles. The van der Waals surface area contributed by atoms with E-state index in [9.17, 15) is 14.7 Å². The van der Waals surface area contributed by atoms with E-state index in [-0.39, 0.29) is 23.7 Å². The molecule has 1 saturated heterocycles. The number of likely N-dealkylation sites (tertiary alicyclic amines) is 1. The predicted molar refractivity (Wildman–Crippen MR) is 109 cm³/mol. The molecule has 0 bridgehead atoms. The number of aromatic nitrogens is 1. The molecule has 2 aliphatic rings. The average Bonchev–Trinajstić information content (AvgIpc) is 3.26. The summed E-state index contributed by atoms with van der Waals surface area (Å²) in [6.45, 7) is 5.48. The summed E-state index contributed by atoms with van der Waals surface area (Å²) in [5.74, 6) is 0.196. The van der Waals surface area contributed by atoms with Gasteiger partial charge in [0, 0.05) is 31.2 Å². The van der Waals surface area contributed by atoms with Crippen molar-refractivity contribution in [3.8, 4) is 0 Å². The van der Waals surface area contributed by atoms with Crippen molar-refractivity contribution in [2.24, 2.45) is 11.3 Å². The molecule has 152 valence electrons. The van der Waals surface area contributed by atoms with Gasteiger partial charge in [0.1, 0.15) is 5.69 Å². The highest BCUT2D eigenvalue weighted by molar-refractivity contribution is 5.92. The summed E-state index contributed by atoms with van der Waals surface area (Å²) < 4.78 is 0. The number of amides is 2. The molecule has 2 amide bonds. The zero-order chi connectivity index (χ0) is 20.6. The first-order valence-corrected chi connectivity index (χ1v) is 10.1. The molecule has 29 heavy (non-hydrogen) atoms. The maximum absolute atomic E-state index is 12.8. The first-order valence-electron chi connectivity index (χ1n) is 10.1. The van der Waals surface area contributed by atoms with Gasteiger partial charge in [0.2, 0.25) is 5.91 Å². The van der Waals surface area contributed by atoms with E-state index in [0.29, 0.717) is 31.2 Å². The van der Waals surface area contributed by atoms with Crippen LogP contribution in [0.15, 0.2) is 48.7 Å². The Hall–Kier alpha value is -2.73. The molecule has 2 N–H and O–H groups in total. The minimum Gasteiger partial charge on any atom is -0.385 e.